The van der Waals surface area contributed by atoms with Gasteiger partial charge in [-0.3, -0.25) is 9.80 Å². The van der Waals surface area contributed by atoms with Crippen molar-refractivity contribution in [1.29, 1.82) is 0 Å². The number of aromatic nitrogens is 2. The van der Waals surface area contributed by atoms with Gasteiger partial charge in [-0.05, 0) is 33.0 Å². The van der Waals surface area contributed by atoms with Crippen molar-refractivity contribution >= 4 is 11.6 Å². The first-order chi connectivity index (χ1) is 8.74. The molecule has 0 saturated carbocycles. The molecule has 18 heavy (non-hydrogen) atoms. The molecule has 0 radical (unpaired) electrons. The number of fused-ring (bicyclic) bond motifs is 1. The molecule has 0 N–H and O–H groups in total. The molecule has 1 fully saturated rings. The average Bonchev–Trinajstić information content (AvgIpc) is 2.67. The highest BCUT2D eigenvalue weighted by Gasteiger charge is 2.22. The van der Waals surface area contributed by atoms with Crippen LogP contribution in [0.25, 0.3) is 0 Å². The van der Waals surface area contributed by atoms with E-state index in [1.165, 1.54) is 32.4 Å². The fraction of sp³-hybridized carbons (Fsp3) is 0.769. The summed E-state index contributed by atoms with van der Waals surface area (Å²) in [6.07, 6.45) is 4.00. The van der Waals surface area contributed by atoms with Crippen molar-refractivity contribution in [1.82, 2.24) is 19.4 Å². The topological polar surface area (TPSA) is 24.3 Å². The minimum Gasteiger partial charge on any atom is -0.316 e. The molecular weight excluding hydrogens is 248 g/mol. The van der Waals surface area contributed by atoms with Gasteiger partial charge in [-0.1, -0.05) is 18.0 Å². The Morgan fingerprint density at radius 3 is 2.67 bits per heavy atom. The van der Waals surface area contributed by atoms with Gasteiger partial charge in [0.2, 0.25) is 0 Å². The lowest BCUT2D eigenvalue weighted by Gasteiger charge is -2.25. The van der Waals surface area contributed by atoms with E-state index >= 15 is 0 Å². The van der Waals surface area contributed by atoms with Crippen LogP contribution in [0.15, 0.2) is 0 Å². The van der Waals surface area contributed by atoms with Gasteiger partial charge in [-0.15, -0.1) is 0 Å². The predicted octanol–water partition coefficient (Wildman–Crippen LogP) is 1.97. The molecule has 1 aromatic heterocycles. The SMILES string of the molecule is CN1CCn2c(nc(CN3CCCCC3)c2Cl)C1. The van der Waals surface area contributed by atoms with Crippen LogP contribution in [-0.2, 0) is 19.6 Å². The first-order valence-corrected chi connectivity index (χ1v) is 7.26. The van der Waals surface area contributed by atoms with Crippen LogP contribution in [0, 0.1) is 0 Å². The smallest absolute Gasteiger partial charge is 0.133 e. The molecule has 0 amide bonds. The maximum Gasteiger partial charge on any atom is 0.133 e. The first kappa shape index (κ1) is 12.5. The summed E-state index contributed by atoms with van der Waals surface area (Å²) >= 11 is 6.46. The molecular formula is C13H21ClN4. The van der Waals surface area contributed by atoms with Crippen LogP contribution in [0.4, 0.5) is 0 Å². The molecule has 2 aliphatic heterocycles. The van der Waals surface area contributed by atoms with Gasteiger partial charge in [-0.25, -0.2) is 4.98 Å². The van der Waals surface area contributed by atoms with Gasteiger partial charge >= 0.3 is 0 Å². The molecule has 0 spiro atoms. The Balaban J connectivity index is 1.76. The van der Waals surface area contributed by atoms with Gasteiger partial charge in [0.1, 0.15) is 11.0 Å². The van der Waals surface area contributed by atoms with E-state index in [0.29, 0.717) is 0 Å². The molecule has 3 heterocycles. The number of likely N-dealkylation sites (tertiary alicyclic amines) is 1. The summed E-state index contributed by atoms with van der Waals surface area (Å²) in [5, 5.41) is 0.865. The van der Waals surface area contributed by atoms with Crippen LogP contribution in [0.1, 0.15) is 30.8 Å². The summed E-state index contributed by atoms with van der Waals surface area (Å²) in [6, 6.07) is 0. The van der Waals surface area contributed by atoms with Crippen LogP contribution in [-0.4, -0.2) is 46.0 Å². The standard InChI is InChI=1S/C13H21ClN4/c1-16-7-8-18-12(10-16)15-11(13(18)14)9-17-5-3-2-4-6-17/h2-10H2,1H3. The highest BCUT2D eigenvalue weighted by Crippen LogP contribution is 2.24. The van der Waals surface area contributed by atoms with E-state index in [4.69, 9.17) is 16.6 Å². The lowest BCUT2D eigenvalue weighted by Crippen LogP contribution is -2.30. The second-order valence-corrected chi connectivity index (χ2v) is 5.85. The Morgan fingerprint density at radius 1 is 1.11 bits per heavy atom. The van der Waals surface area contributed by atoms with Gasteiger partial charge in [-0.2, -0.15) is 0 Å². The molecule has 1 saturated heterocycles. The third-order valence-corrected chi connectivity index (χ3v) is 4.41. The molecule has 0 aliphatic carbocycles. The monoisotopic (exact) mass is 268 g/mol. The molecule has 5 heteroatoms. The van der Waals surface area contributed by atoms with Gasteiger partial charge in [0, 0.05) is 19.6 Å². The predicted molar refractivity (Wildman–Crippen MR) is 72.7 cm³/mol. The fourth-order valence-electron chi connectivity index (χ4n) is 2.90. The minimum absolute atomic E-state index is 0.865. The van der Waals surface area contributed by atoms with Crippen LogP contribution >= 0.6 is 11.6 Å². The number of rotatable bonds is 2. The first-order valence-electron chi connectivity index (χ1n) is 6.89. The highest BCUT2D eigenvalue weighted by molar-refractivity contribution is 6.30. The molecule has 100 valence electrons. The van der Waals surface area contributed by atoms with Crippen molar-refractivity contribution < 1.29 is 0 Å². The zero-order valence-corrected chi connectivity index (χ0v) is 11.8. The Bertz CT molecular complexity index is 423. The van der Waals surface area contributed by atoms with E-state index in [9.17, 15) is 0 Å². The lowest BCUT2D eigenvalue weighted by molar-refractivity contribution is 0.218. The quantitative estimate of drug-likeness (QED) is 0.820. The van der Waals surface area contributed by atoms with Crippen molar-refractivity contribution in [2.75, 3.05) is 26.7 Å². The Hall–Kier alpha value is -0.580. The number of hydrogen-bond acceptors (Lipinski definition) is 3. The van der Waals surface area contributed by atoms with Crippen LogP contribution in [0.3, 0.4) is 0 Å². The molecule has 1 aromatic rings. The normalized spacial score (nSPS) is 22.1. The summed E-state index contributed by atoms with van der Waals surface area (Å²) in [7, 11) is 2.14. The third-order valence-electron chi connectivity index (χ3n) is 3.99. The second kappa shape index (κ2) is 5.19. The van der Waals surface area contributed by atoms with Crippen molar-refractivity contribution in [3.8, 4) is 0 Å². The van der Waals surface area contributed by atoms with E-state index in [1.54, 1.807) is 0 Å². The number of imidazole rings is 1. The van der Waals surface area contributed by atoms with Crippen LogP contribution in [0.5, 0.6) is 0 Å². The molecule has 3 rings (SSSR count). The summed E-state index contributed by atoms with van der Waals surface area (Å²) in [5.74, 6) is 1.13. The Morgan fingerprint density at radius 2 is 1.89 bits per heavy atom. The fourth-order valence-corrected chi connectivity index (χ4v) is 3.18. The van der Waals surface area contributed by atoms with Crippen molar-refractivity contribution in [3.05, 3.63) is 16.7 Å². The average molecular weight is 269 g/mol. The molecule has 0 aromatic carbocycles. The van der Waals surface area contributed by atoms with Crippen molar-refractivity contribution in [3.63, 3.8) is 0 Å². The van der Waals surface area contributed by atoms with Crippen molar-refractivity contribution in [2.45, 2.75) is 38.9 Å². The molecule has 4 nitrogen and oxygen atoms in total. The van der Waals surface area contributed by atoms with E-state index in [-0.39, 0.29) is 0 Å². The summed E-state index contributed by atoms with van der Waals surface area (Å²) in [5.41, 5.74) is 1.07. The zero-order valence-electron chi connectivity index (χ0n) is 11.0. The van der Waals surface area contributed by atoms with E-state index < -0.39 is 0 Å². The lowest BCUT2D eigenvalue weighted by atomic mass is 10.1. The number of hydrogen-bond donors (Lipinski definition) is 0. The van der Waals surface area contributed by atoms with Gasteiger partial charge in [0.25, 0.3) is 0 Å². The Kier molecular flexibility index (Phi) is 3.59. The van der Waals surface area contributed by atoms with Crippen LogP contribution < -0.4 is 0 Å². The number of likely N-dealkylation sites (N-methyl/N-ethyl adjacent to an activating group) is 1. The number of piperidine rings is 1. The maximum absolute atomic E-state index is 6.46. The Labute approximate surface area is 114 Å². The summed E-state index contributed by atoms with van der Waals surface area (Å²) in [6.45, 7) is 6.25. The third kappa shape index (κ3) is 2.42. The zero-order chi connectivity index (χ0) is 12.5. The van der Waals surface area contributed by atoms with Gasteiger partial charge < -0.3 is 4.57 Å². The van der Waals surface area contributed by atoms with E-state index in [0.717, 1.165) is 42.9 Å². The minimum atomic E-state index is 0.865. The van der Waals surface area contributed by atoms with Gasteiger partial charge in [0.05, 0.1) is 12.2 Å². The molecule has 0 atom stereocenters. The number of nitrogens with zero attached hydrogens (tertiary/aromatic N) is 4. The molecule has 0 bridgehead atoms. The largest absolute Gasteiger partial charge is 0.316 e. The van der Waals surface area contributed by atoms with Crippen molar-refractivity contribution in [2.24, 2.45) is 0 Å². The number of halogens is 1. The highest BCUT2D eigenvalue weighted by atomic mass is 35.5. The van der Waals surface area contributed by atoms with E-state index in [2.05, 4.69) is 21.4 Å². The second-order valence-electron chi connectivity index (χ2n) is 5.49. The van der Waals surface area contributed by atoms with Gasteiger partial charge in [0.15, 0.2) is 0 Å². The van der Waals surface area contributed by atoms with E-state index in [1.807, 2.05) is 0 Å². The molecule has 0 unspecified atom stereocenters. The van der Waals surface area contributed by atoms with Crippen LogP contribution in [0.2, 0.25) is 5.15 Å². The summed E-state index contributed by atoms with van der Waals surface area (Å²) in [4.78, 5) is 9.52. The summed E-state index contributed by atoms with van der Waals surface area (Å²) < 4.78 is 2.18. The molecule has 2 aliphatic rings. The maximum atomic E-state index is 6.46.